The van der Waals surface area contributed by atoms with Gasteiger partial charge in [0.05, 0.1) is 29.7 Å². The molecule has 3 N–H and O–H groups in total. The number of aromatic nitrogens is 1. The van der Waals surface area contributed by atoms with Crippen molar-refractivity contribution in [2.75, 3.05) is 29.9 Å². The van der Waals surface area contributed by atoms with Gasteiger partial charge in [-0.3, -0.25) is 0 Å². The lowest BCUT2D eigenvalue weighted by Gasteiger charge is -2.36. The fourth-order valence-electron chi connectivity index (χ4n) is 3.19. The van der Waals surface area contributed by atoms with Crippen LogP contribution in [0.4, 0.5) is 16.3 Å². The number of nitrogens with one attached hydrogen (secondary N) is 2. The number of carbonyl (C=O) groups is 1. The van der Waals surface area contributed by atoms with E-state index in [1.807, 2.05) is 12.1 Å². The van der Waals surface area contributed by atoms with Crippen LogP contribution in [0.2, 0.25) is 0 Å². The summed E-state index contributed by atoms with van der Waals surface area (Å²) in [5.41, 5.74) is -0.0883. The van der Waals surface area contributed by atoms with Crippen molar-refractivity contribution in [3.8, 4) is 0 Å². The Labute approximate surface area is 142 Å². The van der Waals surface area contributed by atoms with Gasteiger partial charge in [-0.15, -0.1) is 0 Å². The van der Waals surface area contributed by atoms with E-state index in [0.29, 0.717) is 5.69 Å². The number of carbonyl (C=O) groups excluding carboxylic acids is 1. The topological polar surface area (TPSA) is 86.7 Å². The Kier molecular flexibility index (Phi) is 4.91. The monoisotopic (exact) mass is 334 g/mol. The first-order valence-electron chi connectivity index (χ1n) is 8.57. The average Bonchev–Trinajstić information content (AvgIpc) is 2.51. The molecule has 0 radical (unpaired) electrons. The Morgan fingerprint density at radius 2 is 2.08 bits per heavy atom. The van der Waals surface area contributed by atoms with Crippen molar-refractivity contribution in [2.24, 2.45) is 0 Å². The molecule has 1 saturated carbocycles. The van der Waals surface area contributed by atoms with E-state index < -0.39 is 5.60 Å². The Morgan fingerprint density at radius 1 is 1.38 bits per heavy atom. The van der Waals surface area contributed by atoms with Gasteiger partial charge < -0.3 is 25.4 Å². The van der Waals surface area contributed by atoms with E-state index in [2.05, 4.69) is 34.4 Å². The van der Waals surface area contributed by atoms with Gasteiger partial charge in [0.25, 0.3) is 0 Å². The summed E-state index contributed by atoms with van der Waals surface area (Å²) in [6.45, 7) is 6.01. The highest BCUT2D eigenvalue weighted by molar-refractivity contribution is 5.89. The first-order valence-corrected chi connectivity index (χ1v) is 8.57. The van der Waals surface area contributed by atoms with E-state index in [1.54, 1.807) is 6.20 Å². The molecule has 0 aromatic carbocycles. The predicted octanol–water partition coefficient (Wildman–Crippen LogP) is 1.73. The largest absolute Gasteiger partial charge is 0.388 e. The molecule has 0 bridgehead atoms. The van der Waals surface area contributed by atoms with Crippen LogP contribution >= 0.6 is 0 Å². The van der Waals surface area contributed by atoms with Crippen LogP contribution in [-0.2, 0) is 4.74 Å². The fraction of sp³-hybridized carbons (Fsp3) is 0.647. The van der Waals surface area contributed by atoms with E-state index in [9.17, 15) is 9.90 Å². The molecule has 7 heteroatoms. The number of hydrogen-bond donors (Lipinski definition) is 3. The lowest BCUT2D eigenvalue weighted by atomic mass is 9.80. The number of anilines is 2. The predicted molar refractivity (Wildman–Crippen MR) is 92.3 cm³/mol. The SMILES string of the molecule is C[C@@H]1CN(c2ccc(NC(=O)NCC3(O)CCC3)cn2)C[C@H](C)O1. The molecule has 2 atom stereocenters. The lowest BCUT2D eigenvalue weighted by molar-refractivity contribution is -0.0287. The van der Waals surface area contributed by atoms with E-state index >= 15 is 0 Å². The molecular weight excluding hydrogens is 308 g/mol. The number of rotatable bonds is 4. The second-order valence-electron chi connectivity index (χ2n) is 6.95. The number of ether oxygens (including phenoxy) is 1. The minimum absolute atomic E-state index is 0.177. The minimum Gasteiger partial charge on any atom is -0.388 e. The Balaban J connectivity index is 1.51. The molecule has 1 aliphatic carbocycles. The third-order valence-corrected chi connectivity index (χ3v) is 4.61. The highest BCUT2D eigenvalue weighted by atomic mass is 16.5. The third kappa shape index (κ3) is 4.15. The van der Waals surface area contributed by atoms with Crippen LogP contribution in [0.5, 0.6) is 0 Å². The number of morpholine rings is 1. The van der Waals surface area contributed by atoms with Crippen LogP contribution in [0.15, 0.2) is 18.3 Å². The Morgan fingerprint density at radius 3 is 2.62 bits per heavy atom. The highest BCUT2D eigenvalue weighted by Gasteiger charge is 2.34. The van der Waals surface area contributed by atoms with Gasteiger partial charge in [0.15, 0.2) is 0 Å². The van der Waals surface area contributed by atoms with E-state index in [0.717, 1.165) is 38.2 Å². The summed E-state index contributed by atoms with van der Waals surface area (Å²) in [6, 6.07) is 3.42. The van der Waals surface area contributed by atoms with Crippen LogP contribution < -0.4 is 15.5 Å². The van der Waals surface area contributed by atoms with Gasteiger partial charge in [-0.1, -0.05) is 0 Å². The van der Waals surface area contributed by atoms with Crippen molar-refractivity contribution in [3.05, 3.63) is 18.3 Å². The average molecular weight is 334 g/mol. The van der Waals surface area contributed by atoms with Crippen LogP contribution in [0.1, 0.15) is 33.1 Å². The van der Waals surface area contributed by atoms with Crippen molar-refractivity contribution in [1.29, 1.82) is 0 Å². The number of nitrogens with zero attached hydrogens (tertiary/aromatic N) is 2. The molecule has 7 nitrogen and oxygen atoms in total. The van der Waals surface area contributed by atoms with Gasteiger partial charge in [0.1, 0.15) is 5.82 Å². The summed E-state index contributed by atoms with van der Waals surface area (Å²) in [7, 11) is 0. The second kappa shape index (κ2) is 6.94. The van der Waals surface area contributed by atoms with Crippen LogP contribution in [0.3, 0.4) is 0 Å². The zero-order valence-corrected chi connectivity index (χ0v) is 14.3. The molecule has 0 unspecified atom stereocenters. The number of urea groups is 1. The maximum atomic E-state index is 11.9. The highest BCUT2D eigenvalue weighted by Crippen LogP contribution is 2.30. The molecule has 2 amide bonds. The van der Waals surface area contributed by atoms with Crippen LogP contribution in [0.25, 0.3) is 0 Å². The summed E-state index contributed by atoms with van der Waals surface area (Å²) in [4.78, 5) is 18.5. The molecule has 1 aromatic heterocycles. The molecule has 1 aliphatic heterocycles. The minimum atomic E-state index is -0.719. The molecule has 2 aliphatic rings. The smallest absolute Gasteiger partial charge is 0.319 e. The number of amides is 2. The van der Waals surface area contributed by atoms with Crippen molar-refractivity contribution < 1.29 is 14.6 Å². The Bertz CT molecular complexity index is 564. The van der Waals surface area contributed by atoms with Gasteiger partial charge in [-0.25, -0.2) is 9.78 Å². The first kappa shape index (κ1) is 17.0. The van der Waals surface area contributed by atoms with Crippen LogP contribution in [-0.4, -0.2) is 53.6 Å². The number of pyridine rings is 1. The molecular formula is C17H26N4O3. The quantitative estimate of drug-likeness (QED) is 0.781. The molecule has 1 aromatic rings. The van der Waals surface area contributed by atoms with Crippen LogP contribution in [0, 0.1) is 0 Å². The molecule has 24 heavy (non-hydrogen) atoms. The molecule has 132 valence electrons. The summed E-state index contributed by atoms with van der Waals surface area (Å²) < 4.78 is 5.73. The maximum Gasteiger partial charge on any atom is 0.319 e. The van der Waals surface area contributed by atoms with Gasteiger partial charge in [0.2, 0.25) is 0 Å². The van der Waals surface area contributed by atoms with E-state index in [1.165, 1.54) is 0 Å². The summed E-state index contributed by atoms with van der Waals surface area (Å²) in [5.74, 6) is 0.881. The normalized spacial score (nSPS) is 25.7. The molecule has 2 fully saturated rings. The number of hydrogen-bond acceptors (Lipinski definition) is 5. The van der Waals surface area contributed by atoms with Gasteiger partial charge in [0, 0.05) is 19.6 Å². The van der Waals surface area contributed by atoms with Gasteiger partial charge >= 0.3 is 6.03 Å². The molecule has 2 heterocycles. The second-order valence-corrected chi connectivity index (χ2v) is 6.95. The lowest BCUT2D eigenvalue weighted by Crippen LogP contribution is -2.48. The molecule has 1 saturated heterocycles. The summed E-state index contributed by atoms with van der Waals surface area (Å²) >= 11 is 0. The van der Waals surface area contributed by atoms with Gasteiger partial charge in [-0.05, 0) is 45.2 Å². The number of aliphatic hydroxyl groups is 1. The van der Waals surface area contributed by atoms with E-state index in [-0.39, 0.29) is 24.8 Å². The van der Waals surface area contributed by atoms with Crippen molar-refractivity contribution in [1.82, 2.24) is 10.3 Å². The fourth-order valence-corrected chi connectivity index (χ4v) is 3.19. The zero-order valence-electron chi connectivity index (χ0n) is 14.3. The summed E-state index contributed by atoms with van der Waals surface area (Å²) in [5, 5.41) is 15.4. The molecule has 0 spiro atoms. The zero-order chi connectivity index (χ0) is 17.2. The molecule has 3 rings (SSSR count). The van der Waals surface area contributed by atoms with Crippen molar-refractivity contribution in [3.63, 3.8) is 0 Å². The van der Waals surface area contributed by atoms with E-state index in [4.69, 9.17) is 4.74 Å². The first-order chi connectivity index (χ1) is 11.4. The van der Waals surface area contributed by atoms with Crippen molar-refractivity contribution in [2.45, 2.75) is 50.9 Å². The summed E-state index contributed by atoms with van der Waals surface area (Å²) in [6.07, 6.45) is 4.52. The third-order valence-electron chi connectivity index (χ3n) is 4.61. The Hall–Kier alpha value is -1.86. The maximum absolute atomic E-state index is 11.9. The van der Waals surface area contributed by atoms with Gasteiger partial charge in [-0.2, -0.15) is 0 Å². The van der Waals surface area contributed by atoms with Crippen molar-refractivity contribution >= 4 is 17.5 Å². The standard InChI is InChI=1S/C17H26N4O3/c1-12-9-21(10-13(2)24-12)15-5-4-14(8-18-15)20-16(22)19-11-17(23)6-3-7-17/h4-5,8,12-13,23H,3,6-7,9-11H2,1-2H3,(H2,19,20,22)/t12-,13+.